The maximum atomic E-state index is 12.5. The summed E-state index contributed by atoms with van der Waals surface area (Å²) in [4.78, 5) is 11.1. The molecular weight excluding hydrogens is 324 g/mol. The quantitative estimate of drug-likeness (QED) is 0.908. The fourth-order valence-electron chi connectivity index (χ4n) is 1.90. The number of carbonyl (C=O) groups is 1. The number of amides is 1. The van der Waals surface area contributed by atoms with Gasteiger partial charge in [-0.2, -0.15) is 4.31 Å². The molecule has 0 aliphatic heterocycles. The lowest BCUT2D eigenvalue weighted by Gasteiger charge is -2.17. The van der Waals surface area contributed by atoms with E-state index < -0.39 is 15.9 Å². The van der Waals surface area contributed by atoms with Gasteiger partial charge in [0.2, 0.25) is 15.9 Å². The molecule has 1 amide bonds. The van der Waals surface area contributed by atoms with Crippen molar-refractivity contribution in [2.24, 2.45) is 5.73 Å². The molecule has 2 aromatic rings. The van der Waals surface area contributed by atoms with Crippen LogP contribution < -0.4 is 5.73 Å². The van der Waals surface area contributed by atoms with Crippen LogP contribution in [0.25, 0.3) is 0 Å². The van der Waals surface area contributed by atoms with Gasteiger partial charge in [0.1, 0.15) is 0 Å². The third-order valence-corrected chi connectivity index (χ3v) is 5.24. The summed E-state index contributed by atoms with van der Waals surface area (Å²) in [7, 11) is -2.15. The molecule has 0 aromatic heterocycles. The Labute approximate surface area is 134 Å². The Morgan fingerprint density at radius 3 is 2.14 bits per heavy atom. The number of carbonyl (C=O) groups excluding carboxylic acids is 1. The molecular formula is C15H15ClN2O3S. The number of sulfonamides is 1. The lowest BCUT2D eigenvalue weighted by atomic mass is 10.2. The van der Waals surface area contributed by atoms with E-state index in [1.54, 1.807) is 24.3 Å². The van der Waals surface area contributed by atoms with Gasteiger partial charge in [0.05, 0.1) is 4.90 Å². The molecule has 0 aliphatic carbocycles. The first-order valence-electron chi connectivity index (χ1n) is 6.41. The van der Waals surface area contributed by atoms with Gasteiger partial charge in [0.25, 0.3) is 0 Å². The lowest BCUT2D eigenvalue weighted by Crippen LogP contribution is -2.26. The number of rotatable bonds is 5. The highest BCUT2D eigenvalue weighted by atomic mass is 35.5. The molecule has 22 heavy (non-hydrogen) atoms. The number of nitrogens with two attached hydrogens (primary N) is 1. The van der Waals surface area contributed by atoms with Crippen molar-refractivity contribution in [3.05, 3.63) is 64.7 Å². The second-order valence-corrected chi connectivity index (χ2v) is 7.26. The molecule has 0 saturated heterocycles. The maximum Gasteiger partial charge on any atom is 0.248 e. The van der Waals surface area contributed by atoms with Crippen LogP contribution >= 0.6 is 11.6 Å². The zero-order chi connectivity index (χ0) is 16.3. The van der Waals surface area contributed by atoms with Crippen molar-refractivity contribution >= 4 is 27.5 Å². The van der Waals surface area contributed by atoms with E-state index in [1.807, 2.05) is 0 Å². The highest BCUT2D eigenvalue weighted by molar-refractivity contribution is 7.89. The number of nitrogens with zero attached hydrogens (tertiary/aromatic N) is 1. The zero-order valence-corrected chi connectivity index (χ0v) is 13.4. The molecule has 2 rings (SSSR count). The molecule has 0 heterocycles. The normalized spacial score (nSPS) is 11.6. The monoisotopic (exact) mass is 338 g/mol. The van der Waals surface area contributed by atoms with Gasteiger partial charge >= 0.3 is 0 Å². The first kappa shape index (κ1) is 16.5. The van der Waals surface area contributed by atoms with Gasteiger partial charge in [-0.25, -0.2) is 8.42 Å². The van der Waals surface area contributed by atoms with E-state index in [2.05, 4.69) is 0 Å². The molecule has 0 unspecified atom stereocenters. The minimum atomic E-state index is -3.64. The van der Waals surface area contributed by atoms with E-state index in [4.69, 9.17) is 17.3 Å². The van der Waals surface area contributed by atoms with Crippen molar-refractivity contribution < 1.29 is 13.2 Å². The van der Waals surface area contributed by atoms with Crippen LogP contribution in [-0.2, 0) is 16.6 Å². The van der Waals surface area contributed by atoms with Crippen LogP contribution in [-0.4, -0.2) is 25.7 Å². The van der Waals surface area contributed by atoms with E-state index in [0.29, 0.717) is 5.02 Å². The number of hydrogen-bond acceptors (Lipinski definition) is 3. The Kier molecular flexibility index (Phi) is 4.85. The smallest absolute Gasteiger partial charge is 0.248 e. The van der Waals surface area contributed by atoms with Crippen LogP contribution in [0.1, 0.15) is 15.9 Å². The lowest BCUT2D eigenvalue weighted by molar-refractivity contribution is 0.1000. The van der Waals surface area contributed by atoms with Crippen LogP contribution in [0.3, 0.4) is 0 Å². The highest BCUT2D eigenvalue weighted by Gasteiger charge is 2.21. The van der Waals surface area contributed by atoms with Gasteiger partial charge in [-0.05, 0) is 42.0 Å². The summed E-state index contributed by atoms with van der Waals surface area (Å²) in [5, 5.41) is 0.594. The Balaban J connectivity index is 2.21. The fraction of sp³-hybridized carbons (Fsp3) is 0.133. The molecule has 0 fully saturated rings. The van der Waals surface area contributed by atoms with Crippen molar-refractivity contribution in [3.63, 3.8) is 0 Å². The average molecular weight is 339 g/mol. The average Bonchev–Trinajstić information content (AvgIpc) is 2.49. The summed E-state index contributed by atoms with van der Waals surface area (Å²) in [6.45, 7) is 0.219. The molecule has 0 spiro atoms. The van der Waals surface area contributed by atoms with Crippen LogP contribution in [0, 0.1) is 0 Å². The largest absolute Gasteiger partial charge is 0.366 e. The Hall–Kier alpha value is -1.89. The molecule has 2 N–H and O–H groups in total. The van der Waals surface area contributed by atoms with Crippen LogP contribution in [0.4, 0.5) is 0 Å². The SMILES string of the molecule is CN(Cc1ccc(Cl)cc1)S(=O)(=O)c1ccc(C(N)=O)cc1. The van der Waals surface area contributed by atoms with Gasteiger partial charge in [-0.15, -0.1) is 0 Å². The van der Waals surface area contributed by atoms with E-state index in [9.17, 15) is 13.2 Å². The molecule has 0 aliphatic rings. The zero-order valence-electron chi connectivity index (χ0n) is 11.9. The predicted molar refractivity (Wildman–Crippen MR) is 85.1 cm³/mol. The number of halogens is 1. The first-order valence-corrected chi connectivity index (χ1v) is 8.23. The molecule has 7 heteroatoms. The predicted octanol–water partition coefficient (Wildman–Crippen LogP) is 2.26. The van der Waals surface area contributed by atoms with E-state index in [0.717, 1.165) is 5.56 Å². The summed E-state index contributed by atoms with van der Waals surface area (Å²) < 4.78 is 26.2. The summed E-state index contributed by atoms with van der Waals surface area (Å²) in [6, 6.07) is 12.5. The summed E-state index contributed by atoms with van der Waals surface area (Å²) in [6.07, 6.45) is 0. The van der Waals surface area contributed by atoms with Crippen molar-refractivity contribution in [3.8, 4) is 0 Å². The Morgan fingerprint density at radius 1 is 1.09 bits per heavy atom. The summed E-state index contributed by atoms with van der Waals surface area (Å²) in [5.74, 6) is -0.599. The van der Waals surface area contributed by atoms with E-state index >= 15 is 0 Å². The summed E-state index contributed by atoms with van der Waals surface area (Å²) in [5.41, 5.74) is 6.22. The van der Waals surface area contributed by atoms with Gasteiger partial charge in [0, 0.05) is 24.2 Å². The second kappa shape index (κ2) is 6.48. The van der Waals surface area contributed by atoms with Gasteiger partial charge in [0.15, 0.2) is 0 Å². The molecule has 5 nitrogen and oxygen atoms in total. The molecule has 0 radical (unpaired) electrons. The maximum absolute atomic E-state index is 12.5. The fourth-order valence-corrected chi connectivity index (χ4v) is 3.19. The first-order chi connectivity index (χ1) is 10.3. The van der Waals surface area contributed by atoms with Crippen LogP contribution in [0.5, 0.6) is 0 Å². The molecule has 0 saturated carbocycles. The van der Waals surface area contributed by atoms with E-state index in [-0.39, 0.29) is 17.0 Å². The number of benzene rings is 2. The second-order valence-electron chi connectivity index (χ2n) is 4.78. The molecule has 0 atom stereocenters. The molecule has 2 aromatic carbocycles. The standard InChI is InChI=1S/C15H15ClN2O3S/c1-18(10-11-2-6-13(16)7-3-11)22(20,21)14-8-4-12(5-9-14)15(17)19/h2-9H,10H2,1H3,(H2,17,19). The van der Waals surface area contributed by atoms with Crippen molar-refractivity contribution in [1.82, 2.24) is 4.31 Å². The minimum absolute atomic E-state index is 0.106. The van der Waals surface area contributed by atoms with Crippen molar-refractivity contribution in [2.75, 3.05) is 7.05 Å². The molecule has 116 valence electrons. The van der Waals surface area contributed by atoms with Crippen molar-refractivity contribution in [2.45, 2.75) is 11.4 Å². The Morgan fingerprint density at radius 2 is 1.64 bits per heavy atom. The van der Waals surface area contributed by atoms with E-state index in [1.165, 1.54) is 35.6 Å². The van der Waals surface area contributed by atoms with Gasteiger partial charge < -0.3 is 5.73 Å². The highest BCUT2D eigenvalue weighted by Crippen LogP contribution is 2.18. The third kappa shape index (κ3) is 3.65. The van der Waals surface area contributed by atoms with Crippen molar-refractivity contribution in [1.29, 1.82) is 0 Å². The Bertz CT molecular complexity index is 771. The van der Waals surface area contributed by atoms with Gasteiger partial charge in [-0.1, -0.05) is 23.7 Å². The minimum Gasteiger partial charge on any atom is -0.366 e. The third-order valence-electron chi connectivity index (χ3n) is 3.17. The number of primary amides is 1. The summed E-state index contributed by atoms with van der Waals surface area (Å²) >= 11 is 5.80. The van der Waals surface area contributed by atoms with Crippen LogP contribution in [0.2, 0.25) is 5.02 Å². The molecule has 0 bridgehead atoms. The van der Waals surface area contributed by atoms with Gasteiger partial charge in [-0.3, -0.25) is 4.79 Å². The van der Waals surface area contributed by atoms with Crippen LogP contribution in [0.15, 0.2) is 53.4 Å². The topological polar surface area (TPSA) is 80.5 Å². The number of hydrogen-bond donors (Lipinski definition) is 1.